The lowest BCUT2D eigenvalue weighted by molar-refractivity contribution is 0.0935. The van der Waals surface area contributed by atoms with Gasteiger partial charge in [0.25, 0.3) is 11.5 Å². The lowest BCUT2D eigenvalue weighted by Crippen LogP contribution is -2.36. The third kappa shape index (κ3) is 3.25. The molecule has 0 spiro atoms. The van der Waals surface area contributed by atoms with Crippen molar-refractivity contribution in [2.24, 2.45) is 5.92 Å². The summed E-state index contributed by atoms with van der Waals surface area (Å²) >= 11 is 1.37. The lowest BCUT2D eigenvalue weighted by Gasteiger charge is -2.14. The van der Waals surface area contributed by atoms with Crippen LogP contribution in [-0.2, 0) is 0 Å². The summed E-state index contributed by atoms with van der Waals surface area (Å²) in [6.45, 7) is 6.25. The van der Waals surface area contributed by atoms with Crippen LogP contribution in [0.25, 0.3) is 4.96 Å². The minimum Gasteiger partial charge on any atom is -0.349 e. The number of thiazole rings is 1. The van der Waals surface area contributed by atoms with Gasteiger partial charge in [0.15, 0.2) is 4.96 Å². The molecule has 1 atom stereocenters. The number of carbonyl (C=O) groups is 1. The molecule has 2 rings (SSSR count). The van der Waals surface area contributed by atoms with Gasteiger partial charge in [-0.25, -0.2) is 4.98 Å². The molecule has 0 saturated heterocycles. The second kappa shape index (κ2) is 6.17. The average Bonchev–Trinajstić information content (AvgIpc) is 2.85. The molecule has 1 amide bonds. The molecular weight excluding hydrogens is 274 g/mol. The summed E-state index contributed by atoms with van der Waals surface area (Å²) in [6.07, 6.45) is 4.94. The summed E-state index contributed by atoms with van der Waals surface area (Å²) in [7, 11) is 0. The van der Waals surface area contributed by atoms with E-state index in [9.17, 15) is 9.59 Å². The van der Waals surface area contributed by atoms with E-state index in [0.717, 1.165) is 12.8 Å². The maximum absolute atomic E-state index is 12.1. The molecule has 20 heavy (non-hydrogen) atoms. The molecule has 0 radical (unpaired) electrons. The molecule has 5 nitrogen and oxygen atoms in total. The molecule has 0 fully saturated rings. The van der Waals surface area contributed by atoms with Crippen LogP contribution in [0.1, 0.15) is 44.0 Å². The van der Waals surface area contributed by atoms with Gasteiger partial charge in [-0.3, -0.25) is 14.0 Å². The molecule has 2 aromatic rings. The van der Waals surface area contributed by atoms with Crippen LogP contribution in [0.5, 0.6) is 0 Å². The Morgan fingerprint density at radius 3 is 2.85 bits per heavy atom. The monoisotopic (exact) mass is 293 g/mol. The lowest BCUT2D eigenvalue weighted by atomic mass is 10.0. The van der Waals surface area contributed by atoms with Crippen LogP contribution in [0.4, 0.5) is 0 Å². The Balaban J connectivity index is 2.11. The highest BCUT2D eigenvalue weighted by atomic mass is 32.1. The largest absolute Gasteiger partial charge is 0.349 e. The molecule has 2 aromatic heterocycles. The first kappa shape index (κ1) is 14.7. The topological polar surface area (TPSA) is 63.5 Å². The zero-order valence-electron chi connectivity index (χ0n) is 11.9. The summed E-state index contributed by atoms with van der Waals surface area (Å²) in [5, 5.41) is 4.63. The number of hydrogen-bond donors (Lipinski definition) is 1. The number of rotatable bonds is 5. The van der Waals surface area contributed by atoms with Crippen molar-refractivity contribution in [1.29, 1.82) is 0 Å². The summed E-state index contributed by atoms with van der Waals surface area (Å²) in [5.74, 6) is 0.253. The van der Waals surface area contributed by atoms with Gasteiger partial charge in [0.2, 0.25) is 0 Å². The van der Waals surface area contributed by atoms with Gasteiger partial charge in [0, 0.05) is 23.8 Å². The van der Waals surface area contributed by atoms with E-state index in [1.807, 2.05) is 6.92 Å². The van der Waals surface area contributed by atoms with Crippen LogP contribution in [0.2, 0.25) is 0 Å². The van der Waals surface area contributed by atoms with Crippen molar-refractivity contribution in [1.82, 2.24) is 14.7 Å². The van der Waals surface area contributed by atoms with Crippen molar-refractivity contribution in [3.05, 3.63) is 33.7 Å². The zero-order chi connectivity index (χ0) is 14.7. The number of fused-ring (bicyclic) bond motifs is 1. The fourth-order valence-corrected chi connectivity index (χ4v) is 2.61. The quantitative estimate of drug-likeness (QED) is 0.920. The molecule has 1 unspecified atom stereocenters. The van der Waals surface area contributed by atoms with Crippen LogP contribution in [-0.4, -0.2) is 21.3 Å². The molecule has 1 N–H and O–H groups in total. The molecule has 0 bridgehead atoms. The number of carbonyl (C=O) groups excluding carboxylic acids is 1. The van der Waals surface area contributed by atoms with E-state index >= 15 is 0 Å². The van der Waals surface area contributed by atoms with Crippen LogP contribution in [0.15, 0.2) is 22.6 Å². The maximum Gasteiger partial charge on any atom is 0.271 e. The molecule has 0 aliphatic rings. The fourth-order valence-electron chi connectivity index (χ4n) is 1.94. The van der Waals surface area contributed by atoms with Crippen molar-refractivity contribution >= 4 is 22.2 Å². The molecule has 0 aliphatic heterocycles. The normalized spacial score (nSPS) is 12.8. The molecule has 0 aliphatic carbocycles. The fraction of sp³-hybridized carbons (Fsp3) is 0.500. The zero-order valence-corrected chi connectivity index (χ0v) is 12.7. The number of nitrogens with one attached hydrogen (secondary N) is 1. The van der Waals surface area contributed by atoms with E-state index in [4.69, 9.17) is 0 Å². The van der Waals surface area contributed by atoms with E-state index in [0.29, 0.717) is 10.9 Å². The minimum absolute atomic E-state index is 0.0486. The van der Waals surface area contributed by atoms with E-state index < -0.39 is 0 Å². The molecular formula is C14H19N3O2S. The van der Waals surface area contributed by atoms with Crippen molar-refractivity contribution in [3.8, 4) is 0 Å². The van der Waals surface area contributed by atoms with Gasteiger partial charge in [-0.05, 0) is 25.7 Å². The third-order valence-corrected chi connectivity index (χ3v) is 3.91. The van der Waals surface area contributed by atoms with E-state index in [1.165, 1.54) is 21.9 Å². The summed E-state index contributed by atoms with van der Waals surface area (Å²) < 4.78 is 1.40. The predicted octanol–water partition coefficient (Wildman–Crippen LogP) is 2.31. The Morgan fingerprint density at radius 2 is 2.15 bits per heavy atom. The number of hydrogen-bond acceptors (Lipinski definition) is 4. The van der Waals surface area contributed by atoms with E-state index in [2.05, 4.69) is 24.1 Å². The van der Waals surface area contributed by atoms with E-state index in [-0.39, 0.29) is 23.1 Å². The predicted molar refractivity (Wildman–Crippen MR) is 80.3 cm³/mol. The first-order chi connectivity index (χ1) is 9.49. The highest BCUT2D eigenvalue weighted by molar-refractivity contribution is 7.15. The van der Waals surface area contributed by atoms with Gasteiger partial charge in [0.1, 0.15) is 5.56 Å². The van der Waals surface area contributed by atoms with Crippen molar-refractivity contribution < 1.29 is 4.79 Å². The Kier molecular flexibility index (Phi) is 4.54. The Bertz CT molecular complexity index is 660. The van der Waals surface area contributed by atoms with Gasteiger partial charge >= 0.3 is 0 Å². The van der Waals surface area contributed by atoms with Crippen molar-refractivity contribution in [3.63, 3.8) is 0 Å². The first-order valence-electron chi connectivity index (χ1n) is 6.74. The van der Waals surface area contributed by atoms with Crippen LogP contribution in [0, 0.1) is 5.92 Å². The summed E-state index contributed by atoms with van der Waals surface area (Å²) in [6, 6.07) is 0.0486. The Labute approximate surface area is 121 Å². The third-order valence-electron chi connectivity index (χ3n) is 3.14. The van der Waals surface area contributed by atoms with Crippen LogP contribution in [0.3, 0.4) is 0 Å². The van der Waals surface area contributed by atoms with Crippen LogP contribution >= 0.6 is 11.3 Å². The van der Waals surface area contributed by atoms with Crippen molar-refractivity contribution in [2.45, 2.75) is 39.7 Å². The van der Waals surface area contributed by atoms with Gasteiger partial charge < -0.3 is 5.32 Å². The molecule has 2 heterocycles. The molecule has 0 aromatic carbocycles. The summed E-state index contributed by atoms with van der Waals surface area (Å²) in [4.78, 5) is 29.0. The smallest absolute Gasteiger partial charge is 0.271 e. The Hall–Kier alpha value is -1.69. The number of nitrogens with zero attached hydrogens (tertiary/aromatic N) is 2. The Morgan fingerprint density at radius 1 is 1.40 bits per heavy atom. The molecule has 108 valence electrons. The molecule has 0 saturated carbocycles. The average molecular weight is 293 g/mol. The SMILES string of the molecule is CC(C)CCC(C)NC(=O)c1cnc2sccn2c1=O. The van der Waals surface area contributed by atoms with Gasteiger partial charge in [-0.1, -0.05) is 13.8 Å². The number of aromatic nitrogens is 2. The first-order valence-corrected chi connectivity index (χ1v) is 7.62. The number of amides is 1. The maximum atomic E-state index is 12.1. The van der Waals surface area contributed by atoms with Gasteiger partial charge in [0.05, 0.1) is 0 Å². The standard InChI is InChI=1S/C14H19N3O2S/c1-9(2)4-5-10(3)16-12(18)11-8-15-14-17(13(11)19)6-7-20-14/h6-10H,4-5H2,1-3H3,(H,16,18). The van der Waals surface area contributed by atoms with Gasteiger partial charge in [-0.15, -0.1) is 11.3 Å². The highest BCUT2D eigenvalue weighted by Gasteiger charge is 2.15. The van der Waals surface area contributed by atoms with Crippen molar-refractivity contribution in [2.75, 3.05) is 0 Å². The highest BCUT2D eigenvalue weighted by Crippen LogP contribution is 2.08. The van der Waals surface area contributed by atoms with Gasteiger partial charge in [-0.2, -0.15) is 0 Å². The van der Waals surface area contributed by atoms with Crippen LogP contribution < -0.4 is 10.9 Å². The second-order valence-corrected chi connectivity index (χ2v) is 6.25. The molecule has 6 heteroatoms. The minimum atomic E-state index is -0.348. The second-order valence-electron chi connectivity index (χ2n) is 5.38. The van der Waals surface area contributed by atoms with E-state index in [1.54, 1.807) is 11.6 Å². The summed E-state index contributed by atoms with van der Waals surface area (Å²) in [5.41, 5.74) is -0.220.